The molecule has 20 heavy (non-hydrogen) atoms. The molecule has 1 aliphatic carbocycles. The summed E-state index contributed by atoms with van der Waals surface area (Å²) in [5, 5.41) is 0. The zero-order chi connectivity index (χ0) is 16.3. The van der Waals surface area contributed by atoms with E-state index in [4.69, 9.17) is 0 Å². The molecule has 0 amide bonds. The quantitative estimate of drug-likeness (QED) is 0.462. The number of halogens is 12. The predicted molar refractivity (Wildman–Crippen MR) is 50.1 cm³/mol. The van der Waals surface area contributed by atoms with Crippen LogP contribution in [0.3, 0.4) is 0 Å². The molecule has 0 nitrogen and oxygen atoms in total. The third-order valence-electron chi connectivity index (χ3n) is 1.000. The van der Waals surface area contributed by atoms with Crippen molar-refractivity contribution in [3.63, 3.8) is 0 Å². The second-order valence-corrected chi connectivity index (χ2v) is 2.90. The Hall–Kier alpha value is 0.991. The van der Waals surface area contributed by atoms with Crippen LogP contribution < -0.4 is 51.4 Å². The van der Waals surface area contributed by atoms with Crippen molar-refractivity contribution in [2.75, 3.05) is 0 Å². The number of hydrogen-bond donors (Lipinski definition) is 0. The summed E-state index contributed by atoms with van der Waals surface area (Å²) >= 11 is 0. The van der Waals surface area contributed by atoms with Gasteiger partial charge in [-0.3, -0.25) is 0 Å². The molecule has 1 fully saturated rings. The summed E-state index contributed by atoms with van der Waals surface area (Å²) in [5.74, 6) is 0. The van der Waals surface area contributed by atoms with Crippen LogP contribution >= 0.6 is 0 Å². The molecule has 1 saturated carbocycles. The molecule has 0 aliphatic heterocycles. The van der Waals surface area contributed by atoms with Crippen molar-refractivity contribution in [1.82, 2.24) is 0 Å². The van der Waals surface area contributed by atoms with Gasteiger partial charge in [0.05, 0.1) is 0 Å². The minimum atomic E-state index is -6.00. The van der Waals surface area contributed by atoms with E-state index in [1.54, 1.807) is 0 Å². The van der Waals surface area contributed by atoms with E-state index < -0.39 is 21.8 Å². The third-order valence-corrected chi connectivity index (χ3v) is 1.000. The molecule has 0 radical (unpaired) electrons. The molecule has 0 aromatic rings. The smallest absolute Gasteiger partial charge is 1.00 e. The Morgan fingerprint density at radius 1 is 0.400 bits per heavy atom. The average molecular weight is 357 g/mol. The number of hydrogen-bond acceptors (Lipinski definition) is 0. The summed E-state index contributed by atoms with van der Waals surface area (Å²) in [6.45, 7) is 0. The third kappa shape index (κ3) is 247. The molecular weight excluding hydrogens is 348 g/mol. The summed E-state index contributed by atoms with van der Waals surface area (Å²) < 4.78 is 117. The zero-order valence-electron chi connectivity index (χ0n) is 11.1. The molecule has 0 aromatic heterocycles. The first kappa shape index (κ1) is 29.1. The molecule has 0 saturated heterocycles. The van der Waals surface area contributed by atoms with Crippen LogP contribution in [0.1, 0.15) is 27.1 Å². The van der Waals surface area contributed by atoms with Crippen molar-refractivity contribution >= 4 is 21.8 Å². The fourth-order valence-corrected chi connectivity index (χ4v) is 0.250. The SMILES string of the molecule is C1CCC1.F[B-](F)(F)F.F[B-](F)(F)F.F[B-](F)(F)F.[H-].[K+]. The molecular formula is C4H9B3F12K-3. The Balaban J connectivity index is -0.0000000525. The Morgan fingerprint density at radius 2 is 0.450 bits per heavy atom. The van der Waals surface area contributed by atoms with Crippen LogP contribution in [0.2, 0.25) is 0 Å². The topological polar surface area (TPSA) is 0 Å². The molecule has 0 aromatic carbocycles. The maximum atomic E-state index is 9.75. The zero-order valence-corrected chi connectivity index (χ0v) is 13.2. The van der Waals surface area contributed by atoms with Crippen LogP contribution in [-0.4, -0.2) is 21.8 Å². The first-order valence-electron chi connectivity index (χ1n) is 4.62. The van der Waals surface area contributed by atoms with E-state index in [2.05, 4.69) is 0 Å². The predicted octanol–water partition coefficient (Wildman–Crippen LogP) is 2.58. The van der Waals surface area contributed by atoms with Gasteiger partial charge in [-0.15, -0.1) is 0 Å². The first-order chi connectivity index (χ1) is 8.00. The molecule has 16 heteroatoms. The van der Waals surface area contributed by atoms with Gasteiger partial charge in [0.2, 0.25) is 0 Å². The van der Waals surface area contributed by atoms with Crippen LogP contribution in [0.4, 0.5) is 51.8 Å². The normalized spacial score (nSPS) is 13.8. The van der Waals surface area contributed by atoms with Crippen LogP contribution in [0.5, 0.6) is 0 Å². The van der Waals surface area contributed by atoms with Gasteiger partial charge in [0.1, 0.15) is 0 Å². The molecule has 0 spiro atoms. The molecule has 0 N–H and O–H groups in total. The maximum absolute atomic E-state index is 9.75. The van der Waals surface area contributed by atoms with Crippen molar-refractivity contribution in [3.05, 3.63) is 0 Å². The van der Waals surface area contributed by atoms with Gasteiger partial charge in [0.25, 0.3) is 0 Å². The molecule has 0 unspecified atom stereocenters. The van der Waals surface area contributed by atoms with Crippen LogP contribution in [0.25, 0.3) is 0 Å². The molecule has 1 rings (SSSR count). The van der Waals surface area contributed by atoms with Gasteiger partial charge in [0.15, 0.2) is 0 Å². The van der Waals surface area contributed by atoms with Crippen molar-refractivity contribution in [2.45, 2.75) is 25.7 Å². The minimum absolute atomic E-state index is 0. The van der Waals surface area contributed by atoms with Gasteiger partial charge in [-0.05, 0) is 0 Å². The van der Waals surface area contributed by atoms with Crippen molar-refractivity contribution in [1.29, 1.82) is 0 Å². The van der Waals surface area contributed by atoms with Crippen molar-refractivity contribution in [3.8, 4) is 0 Å². The summed E-state index contributed by atoms with van der Waals surface area (Å²) in [5.41, 5.74) is 0. The van der Waals surface area contributed by atoms with Gasteiger partial charge in [0, 0.05) is 0 Å². The van der Waals surface area contributed by atoms with Gasteiger partial charge in [-0.1, -0.05) is 25.7 Å². The monoisotopic (exact) mass is 357 g/mol. The summed E-state index contributed by atoms with van der Waals surface area (Å²) in [7, 11) is -18.0. The van der Waals surface area contributed by atoms with Gasteiger partial charge in [-0.25, -0.2) is 0 Å². The van der Waals surface area contributed by atoms with E-state index >= 15 is 0 Å². The Labute approximate surface area is 151 Å². The number of rotatable bonds is 0. The second-order valence-electron chi connectivity index (χ2n) is 2.90. The molecule has 1 aliphatic rings. The largest absolute Gasteiger partial charge is 1.00 e. The summed E-state index contributed by atoms with van der Waals surface area (Å²) in [6, 6.07) is 0. The van der Waals surface area contributed by atoms with Gasteiger partial charge >= 0.3 is 73.1 Å². The minimum Gasteiger partial charge on any atom is -1.00 e. The summed E-state index contributed by atoms with van der Waals surface area (Å²) in [6.07, 6.45) is 6.00. The molecule has 0 heterocycles. The van der Waals surface area contributed by atoms with Crippen molar-refractivity contribution in [2.24, 2.45) is 0 Å². The molecule has 122 valence electrons. The standard InChI is InChI=1S/C4H8.3BF4.K.H/c1-2-4-3-1;3*2-1(3,4)5;;/h1-4H2;;;;;/q;3*-1;+1;-1. The average Bonchev–Trinajstić information content (AvgIpc) is 1.62. The van der Waals surface area contributed by atoms with E-state index in [-0.39, 0.29) is 52.8 Å². The Kier molecular flexibility index (Phi) is 19.8. The van der Waals surface area contributed by atoms with Gasteiger partial charge < -0.3 is 53.2 Å². The van der Waals surface area contributed by atoms with E-state index in [1.807, 2.05) is 0 Å². The van der Waals surface area contributed by atoms with E-state index in [0.29, 0.717) is 0 Å². The van der Waals surface area contributed by atoms with E-state index in [0.717, 1.165) is 0 Å². The van der Waals surface area contributed by atoms with Crippen LogP contribution in [-0.2, 0) is 0 Å². The molecule has 0 bridgehead atoms. The second kappa shape index (κ2) is 13.6. The first-order valence-corrected chi connectivity index (χ1v) is 4.62. The van der Waals surface area contributed by atoms with E-state index in [9.17, 15) is 51.8 Å². The molecule has 0 atom stereocenters. The fourth-order valence-electron chi connectivity index (χ4n) is 0.250. The Morgan fingerprint density at radius 3 is 0.450 bits per heavy atom. The van der Waals surface area contributed by atoms with Crippen molar-refractivity contribution < 1.29 is 105 Å². The van der Waals surface area contributed by atoms with E-state index in [1.165, 1.54) is 25.7 Å². The fraction of sp³-hybridized carbons (Fsp3) is 1.00. The van der Waals surface area contributed by atoms with Crippen LogP contribution in [0.15, 0.2) is 0 Å². The van der Waals surface area contributed by atoms with Gasteiger partial charge in [-0.2, -0.15) is 0 Å². The van der Waals surface area contributed by atoms with Crippen LogP contribution in [0, 0.1) is 0 Å². The maximum Gasteiger partial charge on any atom is 1.00 e. The summed E-state index contributed by atoms with van der Waals surface area (Å²) in [4.78, 5) is 0. The Bertz CT molecular complexity index is 150.